The minimum absolute atomic E-state index is 0.0312. The summed E-state index contributed by atoms with van der Waals surface area (Å²) in [5.41, 5.74) is 1.08. The minimum Gasteiger partial charge on any atom is -0.391 e. The van der Waals surface area contributed by atoms with E-state index >= 15 is 0 Å². The molecule has 4 N–H and O–H groups in total. The molecular formula is C32H55N2O6P. The van der Waals surface area contributed by atoms with Crippen molar-refractivity contribution in [2.24, 2.45) is 11.8 Å². The van der Waals surface area contributed by atoms with E-state index in [-0.39, 0.29) is 18.5 Å². The first kappa shape index (κ1) is 35.5. The Balaban J connectivity index is 2.06. The molecule has 0 aromatic heterocycles. The van der Waals surface area contributed by atoms with Crippen molar-refractivity contribution < 1.29 is 28.7 Å². The van der Waals surface area contributed by atoms with Gasteiger partial charge in [-0.2, -0.15) is 0 Å². The van der Waals surface area contributed by atoms with Gasteiger partial charge in [0.1, 0.15) is 6.10 Å². The summed E-state index contributed by atoms with van der Waals surface area (Å²) in [5.74, 6) is -0.576. The molecule has 0 radical (unpaired) electrons. The van der Waals surface area contributed by atoms with E-state index in [1.165, 1.54) is 6.42 Å². The minimum atomic E-state index is -4.01. The van der Waals surface area contributed by atoms with E-state index < -0.39 is 37.7 Å². The largest absolute Gasteiger partial charge is 0.391 e. The maximum absolute atomic E-state index is 13.5. The van der Waals surface area contributed by atoms with Crippen LogP contribution in [0.4, 0.5) is 0 Å². The molecule has 1 fully saturated rings. The Bertz CT molecular complexity index is 924. The Hall–Kier alpha value is -1.73. The number of nitrogens with one attached hydrogen (secondary N) is 2. The first-order chi connectivity index (χ1) is 19.6. The summed E-state index contributed by atoms with van der Waals surface area (Å²) in [4.78, 5) is 36.7. The number of aliphatic hydroxyl groups is 1. The molecule has 9 heteroatoms. The number of aliphatic hydroxyl groups excluding tert-OH is 1. The van der Waals surface area contributed by atoms with Gasteiger partial charge in [-0.25, -0.2) is 0 Å². The quantitative estimate of drug-likeness (QED) is 0.106. The van der Waals surface area contributed by atoms with Crippen LogP contribution in [0.15, 0.2) is 30.3 Å². The van der Waals surface area contributed by atoms with Crippen molar-refractivity contribution in [1.82, 2.24) is 10.6 Å². The summed E-state index contributed by atoms with van der Waals surface area (Å²) < 4.78 is 18.6. The molecule has 0 aliphatic heterocycles. The summed E-state index contributed by atoms with van der Waals surface area (Å²) in [6.45, 7) is 6.47. The van der Waals surface area contributed by atoms with Gasteiger partial charge in [0.15, 0.2) is 0 Å². The summed E-state index contributed by atoms with van der Waals surface area (Å²) >= 11 is 0. The molecule has 2 rings (SSSR count). The fourth-order valence-corrected chi connectivity index (χ4v) is 6.83. The summed E-state index contributed by atoms with van der Waals surface area (Å²) in [6, 6.07) is 9.21. The van der Waals surface area contributed by atoms with Gasteiger partial charge < -0.3 is 20.6 Å². The summed E-state index contributed by atoms with van der Waals surface area (Å²) in [7, 11) is -4.01. The fourth-order valence-electron chi connectivity index (χ4n) is 5.57. The average Bonchev–Trinajstić information content (AvgIpc) is 2.95. The van der Waals surface area contributed by atoms with Crippen molar-refractivity contribution >= 4 is 19.4 Å². The van der Waals surface area contributed by atoms with Gasteiger partial charge in [0.05, 0.1) is 18.3 Å². The first-order valence-electron chi connectivity index (χ1n) is 15.9. The molecule has 1 aliphatic rings. The molecule has 1 saturated carbocycles. The smallest absolute Gasteiger partial charge is 0.328 e. The third-order valence-corrected chi connectivity index (χ3v) is 9.59. The van der Waals surface area contributed by atoms with Crippen LogP contribution in [0.25, 0.3) is 0 Å². The van der Waals surface area contributed by atoms with E-state index in [0.29, 0.717) is 44.6 Å². The molecule has 1 aliphatic carbocycles. The van der Waals surface area contributed by atoms with E-state index in [9.17, 15) is 24.2 Å². The number of hydrogen-bond donors (Lipinski definition) is 4. The van der Waals surface area contributed by atoms with Crippen LogP contribution in [-0.2, 0) is 25.1 Å². The van der Waals surface area contributed by atoms with Crippen molar-refractivity contribution in [3.63, 3.8) is 0 Å². The molecule has 0 spiro atoms. The Morgan fingerprint density at radius 2 is 1.71 bits per heavy atom. The molecule has 1 aromatic rings. The van der Waals surface area contributed by atoms with Gasteiger partial charge in [0.2, 0.25) is 11.8 Å². The van der Waals surface area contributed by atoms with Crippen LogP contribution in [0.3, 0.4) is 0 Å². The van der Waals surface area contributed by atoms with Gasteiger partial charge in [-0.15, -0.1) is 0 Å². The molecule has 234 valence electrons. The Morgan fingerprint density at radius 3 is 2.37 bits per heavy atom. The van der Waals surface area contributed by atoms with Gasteiger partial charge in [0.25, 0.3) is 0 Å². The van der Waals surface area contributed by atoms with E-state index in [1.807, 2.05) is 37.3 Å². The second-order valence-corrected chi connectivity index (χ2v) is 13.8. The standard InChI is InChI=1S/C32H55N2O6P/c1-4-6-20-30(40-41(38,39)22-14-19-26-15-10-8-11-16-26)32(37)34-28(24-27-17-12-9-13-18-27)29(35)23-25(3)31(36)33-21-7-5-2/h8,10-11,15-16,25,27-30,35H,4-7,9,12-14,17-24H2,1-3H3,(H,33,36)(H,34,37)(H,38,39)/t25-,28+,29+,30+/m1/s1. The fraction of sp³-hybridized carbons (Fsp3) is 0.750. The predicted octanol–water partition coefficient (Wildman–Crippen LogP) is 6.14. The molecule has 8 nitrogen and oxygen atoms in total. The number of amides is 2. The lowest BCUT2D eigenvalue weighted by Crippen LogP contribution is -2.49. The van der Waals surface area contributed by atoms with Gasteiger partial charge in [-0.05, 0) is 50.0 Å². The van der Waals surface area contributed by atoms with E-state index in [0.717, 1.165) is 50.5 Å². The number of unbranched alkanes of at least 4 members (excludes halogenated alkanes) is 2. The van der Waals surface area contributed by atoms with Crippen LogP contribution >= 0.6 is 7.60 Å². The number of hydrogen-bond acceptors (Lipinski definition) is 5. The molecular weight excluding hydrogens is 539 g/mol. The van der Waals surface area contributed by atoms with E-state index in [2.05, 4.69) is 17.6 Å². The average molecular weight is 595 g/mol. The van der Waals surface area contributed by atoms with Crippen molar-refractivity contribution in [2.45, 2.75) is 129 Å². The molecule has 2 amide bonds. The molecule has 1 unspecified atom stereocenters. The highest BCUT2D eigenvalue weighted by Crippen LogP contribution is 2.45. The van der Waals surface area contributed by atoms with Crippen LogP contribution in [0.2, 0.25) is 0 Å². The second-order valence-electron chi connectivity index (χ2n) is 11.9. The zero-order valence-corrected chi connectivity index (χ0v) is 26.5. The van der Waals surface area contributed by atoms with Crippen molar-refractivity contribution in [1.29, 1.82) is 0 Å². The first-order valence-corrected chi connectivity index (χ1v) is 17.7. The Morgan fingerprint density at radius 1 is 1.02 bits per heavy atom. The van der Waals surface area contributed by atoms with Crippen molar-refractivity contribution in [3.05, 3.63) is 35.9 Å². The van der Waals surface area contributed by atoms with Crippen LogP contribution in [0, 0.1) is 11.8 Å². The molecule has 41 heavy (non-hydrogen) atoms. The van der Waals surface area contributed by atoms with Gasteiger partial charge in [0, 0.05) is 12.5 Å². The number of carbonyl (C=O) groups is 2. The Labute approximate surface area is 248 Å². The lowest BCUT2D eigenvalue weighted by molar-refractivity contribution is -0.130. The number of benzene rings is 1. The maximum atomic E-state index is 13.5. The highest BCUT2D eigenvalue weighted by molar-refractivity contribution is 7.52. The maximum Gasteiger partial charge on any atom is 0.328 e. The molecule has 1 aromatic carbocycles. The summed E-state index contributed by atoms with van der Waals surface area (Å²) in [5, 5.41) is 17.2. The van der Waals surface area contributed by atoms with Crippen LogP contribution < -0.4 is 10.6 Å². The van der Waals surface area contributed by atoms with Gasteiger partial charge in [-0.1, -0.05) is 102 Å². The number of rotatable bonds is 20. The lowest BCUT2D eigenvalue weighted by Gasteiger charge is -2.32. The van der Waals surface area contributed by atoms with Crippen LogP contribution in [0.1, 0.15) is 110 Å². The molecule has 0 heterocycles. The van der Waals surface area contributed by atoms with Crippen LogP contribution in [0.5, 0.6) is 0 Å². The number of aryl methyl sites for hydroxylation is 1. The zero-order valence-electron chi connectivity index (χ0n) is 25.6. The highest BCUT2D eigenvalue weighted by Gasteiger charge is 2.34. The predicted molar refractivity (Wildman–Crippen MR) is 165 cm³/mol. The third-order valence-electron chi connectivity index (χ3n) is 8.13. The lowest BCUT2D eigenvalue weighted by atomic mass is 9.82. The molecule has 0 bridgehead atoms. The van der Waals surface area contributed by atoms with Crippen molar-refractivity contribution in [3.8, 4) is 0 Å². The highest BCUT2D eigenvalue weighted by atomic mass is 31.2. The SMILES string of the molecule is CCCCNC(=O)[C@H](C)C[C@H](O)[C@H](CC1CCCCC1)NC(=O)[C@H](CCCC)OP(=O)(O)CCCc1ccccc1. The second kappa shape index (κ2) is 19.5. The van der Waals surface area contributed by atoms with Gasteiger partial charge >= 0.3 is 7.60 Å². The van der Waals surface area contributed by atoms with E-state index in [4.69, 9.17) is 4.52 Å². The van der Waals surface area contributed by atoms with Gasteiger partial charge in [-0.3, -0.25) is 18.7 Å². The molecule has 5 atom stereocenters. The molecule has 0 saturated heterocycles. The summed E-state index contributed by atoms with van der Waals surface area (Å²) in [6.07, 6.45) is 9.24. The van der Waals surface area contributed by atoms with E-state index in [1.54, 1.807) is 6.92 Å². The Kier molecular flexibility index (Phi) is 16.8. The van der Waals surface area contributed by atoms with Crippen LogP contribution in [-0.4, -0.2) is 52.8 Å². The third kappa shape index (κ3) is 14.3. The normalized spacial score (nSPS) is 18.6. The monoisotopic (exact) mass is 594 g/mol. The number of carbonyl (C=O) groups excluding carboxylic acids is 2. The topological polar surface area (TPSA) is 125 Å². The zero-order chi connectivity index (χ0) is 30.1. The van der Waals surface area contributed by atoms with Crippen molar-refractivity contribution in [2.75, 3.05) is 12.7 Å².